The van der Waals surface area contributed by atoms with Crippen molar-refractivity contribution in [3.8, 4) is 0 Å². The molecule has 1 N–H and O–H groups in total. The molecular weight excluding hydrogens is 250 g/mol. The van der Waals surface area contributed by atoms with Gasteiger partial charge in [0, 0.05) is 25.7 Å². The van der Waals surface area contributed by atoms with E-state index in [1.807, 2.05) is 6.20 Å². The van der Waals surface area contributed by atoms with Crippen LogP contribution >= 0.6 is 0 Å². The molecule has 2 heterocycles. The highest BCUT2D eigenvalue weighted by molar-refractivity contribution is 5.76. The predicted molar refractivity (Wildman–Crippen MR) is 80.3 cm³/mol. The zero-order valence-corrected chi connectivity index (χ0v) is 13.0. The monoisotopic (exact) mass is 277 g/mol. The van der Waals surface area contributed by atoms with Crippen LogP contribution in [0.2, 0.25) is 0 Å². The van der Waals surface area contributed by atoms with Crippen molar-refractivity contribution in [1.29, 1.82) is 0 Å². The first-order chi connectivity index (χ1) is 9.47. The lowest BCUT2D eigenvalue weighted by atomic mass is 9.77. The van der Waals surface area contributed by atoms with Crippen molar-refractivity contribution >= 4 is 5.91 Å². The van der Waals surface area contributed by atoms with Crippen molar-refractivity contribution in [3.63, 3.8) is 0 Å². The van der Waals surface area contributed by atoms with Crippen molar-refractivity contribution in [1.82, 2.24) is 15.1 Å². The number of amides is 1. The average Bonchev–Trinajstić information content (AvgIpc) is 2.76. The number of hydrogen-bond acceptors (Lipinski definition) is 2. The lowest BCUT2D eigenvalue weighted by Gasteiger charge is -2.29. The summed E-state index contributed by atoms with van der Waals surface area (Å²) >= 11 is 0. The molecule has 1 aliphatic heterocycles. The molecule has 0 unspecified atom stereocenters. The molecule has 1 atom stereocenters. The Kier molecular flexibility index (Phi) is 4.84. The fraction of sp³-hybridized carbons (Fsp3) is 0.750. The third-order valence-electron chi connectivity index (χ3n) is 4.49. The number of nitrogens with one attached hydrogen (secondary N) is 1. The maximum atomic E-state index is 12.3. The number of carbonyl (C=O) groups is 1. The lowest BCUT2D eigenvalue weighted by Crippen LogP contribution is -2.32. The number of aromatic nitrogens is 2. The number of likely N-dealkylation sites (tertiary alicyclic amines) is 1. The summed E-state index contributed by atoms with van der Waals surface area (Å²) in [4.78, 5) is 14.4. The van der Waals surface area contributed by atoms with Gasteiger partial charge in [-0.15, -0.1) is 0 Å². The molecule has 1 amide bonds. The summed E-state index contributed by atoms with van der Waals surface area (Å²) < 4.78 is 0. The maximum absolute atomic E-state index is 12.3. The minimum atomic E-state index is 0.292. The molecule has 1 saturated heterocycles. The second kappa shape index (κ2) is 6.42. The Morgan fingerprint density at radius 1 is 1.40 bits per heavy atom. The van der Waals surface area contributed by atoms with E-state index in [0.29, 0.717) is 17.7 Å². The first kappa shape index (κ1) is 15.1. The van der Waals surface area contributed by atoms with E-state index in [-0.39, 0.29) is 0 Å². The Morgan fingerprint density at radius 3 is 2.85 bits per heavy atom. The highest BCUT2D eigenvalue weighted by Gasteiger charge is 2.28. The van der Waals surface area contributed by atoms with Crippen molar-refractivity contribution in [2.45, 2.75) is 52.9 Å². The van der Waals surface area contributed by atoms with Gasteiger partial charge in [0.2, 0.25) is 5.91 Å². The van der Waals surface area contributed by atoms with E-state index >= 15 is 0 Å². The Hall–Kier alpha value is -1.32. The van der Waals surface area contributed by atoms with Crippen LogP contribution in [-0.4, -0.2) is 34.1 Å². The van der Waals surface area contributed by atoms with E-state index in [2.05, 4.69) is 35.9 Å². The van der Waals surface area contributed by atoms with Crippen LogP contribution in [-0.2, 0) is 11.2 Å². The van der Waals surface area contributed by atoms with Gasteiger partial charge in [-0.25, -0.2) is 0 Å². The minimum absolute atomic E-state index is 0.292. The molecule has 0 bridgehead atoms. The molecule has 112 valence electrons. The van der Waals surface area contributed by atoms with Crippen molar-refractivity contribution in [2.75, 3.05) is 13.1 Å². The number of carbonyl (C=O) groups excluding carboxylic acids is 1. The molecule has 0 radical (unpaired) electrons. The summed E-state index contributed by atoms with van der Waals surface area (Å²) in [6, 6.07) is 0. The molecule has 1 fully saturated rings. The van der Waals surface area contributed by atoms with Crippen LogP contribution in [0.4, 0.5) is 0 Å². The standard InChI is InChI=1S/C16H27N3O/c1-16(2,3)14-5-4-9-19(10-8-14)15(20)7-6-13-11-17-18-12-13/h11-12,14H,4-10H2,1-3H3,(H,17,18)/t14-/m0/s1. The van der Waals surface area contributed by atoms with Gasteiger partial charge in [-0.2, -0.15) is 5.10 Å². The zero-order valence-electron chi connectivity index (χ0n) is 13.0. The molecule has 4 nitrogen and oxygen atoms in total. The van der Waals surface area contributed by atoms with E-state index in [4.69, 9.17) is 0 Å². The SMILES string of the molecule is CC(C)(C)[C@H]1CCCN(C(=O)CCc2cn[nH]c2)CC1. The fourth-order valence-corrected chi connectivity index (χ4v) is 3.04. The predicted octanol–water partition coefficient (Wildman–Crippen LogP) is 3.02. The van der Waals surface area contributed by atoms with E-state index in [0.717, 1.165) is 43.8 Å². The first-order valence-electron chi connectivity index (χ1n) is 7.72. The van der Waals surface area contributed by atoms with Crippen LogP contribution < -0.4 is 0 Å². The molecule has 2 rings (SSSR count). The van der Waals surface area contributed by atoms with Gasteiger partial charge < -0.3 is 4.90 Å². The molecule has 4 heteroatoms. The van der Waals surface area contributed by atoms with Gasteiger partial charge in [0.15, 0.2) is 0 Å². The average molecular weight is 277 g/mol. The van der Waals surface area contributed by atoms with Crippen molar-refractivity contribution in [3.05, 3.63) is 18.0 Å². The molecule has 0 spiro atoms. The summed E-state index contributed by atoms with van der Waals surface area (Å²) in [6.45, 7) is 8.79. The topological polar surface area (TPSA) is 49.0 Å². The van der Waals surface area contributed by atoms with Gasteiger partial charge in [-0.1, -0.05) is 20.8 Å². The summed E-state index contributed by atoms with van der Waals surface area (Å²) in [7, 11) is 0. The van der Waals surface area contributed by atoms with Crippen LogP contribution in [0.15, 0.2) is 12.4 Å². The van der Waals surface area contributed by atoms with E-state index in [1.165, 1.54) is 6.42 Å². The largest absolute Gasteiger partial charge is 0.343 e. The van der Waals surface area contributed by atoms with Crippen LogP contribution in [0.3, 0.4) is 0 Å². The van der Waals surface area contributed by atoms with E-state index in [1.54, 1.807) is 6.20 Å². The Morgan fingerprint density at radius 2 is 2.20 bits per heavy atom. The molecule has 0 aliphatic carbocycles. The molecular formula is C16H27N3O. The summed E-state index contributed by atoms with van der Waals surface area (Å²) in [5.41, 5.74) is 1.47. The highest BCUT2D eigenvalue weighted by Crippen LogP contribution is 2.34. The van der Waals surface area contributed by atoms with Crippen molar-refractivity contribution in [2.24, 2.45) is 11.3 Å². The van der Waals surface area contributed by atoms with Crippen molar-refractivity contribution < 1.29 is 4.79 Å². The third kappa shape index (κ3) is 4.09. The molecule has 0 saturated carbocycles. The normalized spacial score (nSPS) is 20.8. The second-order valence-corrected chi connectivity index (χ2v) is 6.98. The van der Waals surface area contributed by atoms with Gasteiger partial charge >= 0.3 is 0 Å². The van der Waals surface area contributed by atoms with E-state index < -0.39 is 0 Å². The van der Waals surface area contributed by atoms with Crippen LogP contribution in [0.1, 0.15) is 52.0 Å². The zero-order chi connectivity index (χ0) is 14.6. The number of aryl methyl sites for hydroxylation is 1. The number of H-pyrrole nitrogens is 1. The lowest BCUT2D eigenvalue weighted by molar-refractivity contribution is -0.131. The summed E-state index contributed by atoms with van der Waals surface area (Å²) in [5.74, 6) is 1.02. The maximum Gasteiger partial charge on any atom is 0.222 e. The summed E-state index contributed by atoms with van der Waals surface area (Å²) in [5, 5.41) is 6.71. The van der Waals surface area contributed by atoms with Gasteiger partial charge in [-0.3, -0.25) is 9.89 Å². The number of rotatable bonds is 3. The molecule has 20 heavy (non-hydrogen) atoms. The minimum Gasteiger partial charge on any atom is -0.343 e. The smallest absolute Gasteiger partial charge is 0.222 e. The van der Waals surface area contributed by atoms with Crippen LogP contribution in [0.25, 0.3) is 0 Å². The number of nitrogens with zero attached hydrogens (tertiary/aromatic N) is 2. The molecule has 1 aromatic heterocycles. The quantitative estimate of drug-likeness (QED) is 0.923. The molecule has 0 aromatic carbocycles. The third-order valence-corrected chi connectivity index (χ3v) is 4.49. The Bertz CT molecular complexity index is 419. The van der Waals surface area contributed by atoms with Gasteiger partial charge in [0.1, 0.15) is 0 Å². The Balaban J connectivity index is 1.82. The van der Waals surface area contributed by atoms with Gasteiger partial charge in [-0.05, 0) is 42.6 Å². The van der Waals surface area contributed by atoms with E-state index in [9.17, 15) is 4.79 Å². The van der Waals surface area contributed by atoms with Crippen LogP contribution in [0, 0.1) is 11.3 Å². The highest BCUT2D eigenvalue weighted by atomic mass is 16.2. The van der Waals surface area contributed by atoms with Gasteiger partial charge in [0.25, 0.3) is 0 Å². The second-order valence-electron chi connectivity index (χ2n) is 6.98. The first-order valence-corrected chi connectivity index (χ1v) is 7.72. The van der Waals surface area contributed by atoms with Crippen LogP contribution in [0.5, 0.6) is 0 Å². The number of aromatic amines is 1. The Labute approximate surface area is 121 Å². The summed E-state index contributed by atoms with van der Waals surface area (Å²) in [6.07, 6.45) is 8.57. The van der Waals surface area contributed by atoms with Gasteiger partial charge in [0.05, 0.1) is 6.20 Å². The molecule has 1 aromatic rings. The fourth-order valence-electron chi connectivity index (χ4n) is 3.04. The molecule has 1 aliphatic rings. The number of hydrogen-bond donors (Lipinski definition) is 1.